The number of allylic oxidation sites excluding steroid dienone is 1. The van der Waals surface area contributed by atoms with Gasteiger partial charge >= 0.3 is 6.03 Å². The molecule has 0 spiro atoms. The molecule has 2 unspecified atom stereocenters. The molecule has 7 amide bonds. The van der Waals surface area contributed by atoms with Gasteiger partial charge in [-0.05, 0) is 60.2 Å². The van der Waals surface area contributed by atoms with Gasteiger partial charge in [0, 0.05) is 32.0 Å². The fraction of sp³-hybridized carbons (Fsp3) is 0.757. The number of likely N-dealkylation sites (tertiary alicyclic amines) is 2. The summed E-state index contributed by atoms with van der Waals surface area (Å²) in [5, 5.41) is 11.4. The van der Waals surface area contributed by atoms with E-state index >= 15 is 0 Å². The molecule has 0 aromatic carbocycles. The zero-order valence-corrected chi connectivity index (χ0v) is 31.4. The van der Waals surface area contributed by atoms with Crippen molar-refractivity contribution in [1.82, 2.24) is 31.1 Å². The Bertz CT molecular complexity index is 1400. The van der Waals surface area contributed by atoms with Crippen LogP contribution in [0.25, 0.3) is 0 Å². The highest BCUT2D eigenvalue weighted by Crippen LogP contribution is 2.47. The molecule has 0 aromatic heterocycles. The maximum absolute atomic E-state index is 14.3. The van der Waals surface area contributed by atoms with Crippen molar-refractivity contribution in [3.63, 3.8) is 0 Å². The van der Waals surface area contributed by atoms with E-state index in [0.717, 1.165) is 12.8 Å². The van der Waals surface area contributed by atoms with E-state index < -0.39 is 69.4 Å². The molecule has 50 heavy (non-hydrogen) atoms. The predicted octanol–water partition coefficient (Wildman–Crippen LogP) is 2.83. The lowest BCUT2D eigenvalue weighted by molar-refractivity contribution is -0.153. The van der Waals surface area contributed by atoms with E-state index in [1.165, 1.54) is 9.80 Å². The van der Waals surface area contributed by atoms with Crippen LogP contribution in [0.1, 0.15) is 107 Å². The Morgan fingerprint density at radius 2 is 1.54 bits per heavy atom. The molecule has 2 saturated heterocycles. The zero-order valence-electron chi connectivity index (χ0n) is 31.4. The van der Waals surface area contributed by atoms with Crippen molar-refractivity contribution in [3.8, 4) is 0 Å². The number of nitrogens with zero attached hydrogens (tertiary/aromatic N) is 2. The average Bonchev–Trinajstić information content (AvgIpc) is 3.88. The molecule has 4 rings (SSSR count). The van der Waals surface area contributed by atoms with Gasteiger partial charge in [0.15, 0.2) is 0 Å². The molecule has 0 aromatic rings. The van der Waals surface area contributed by atoms with E-state index in [1.807, 2.05) is 62.3 Å². The van der Waals surface area contributed by atoms with Crippen LogP contribution in [0.2, 0.25) is 0 Å². The number of hydrogen-bond acceptors (Lipinski definition) is 7. The van der Waals surface area contributed by atoms with Crippen molar-refractivity contribution in [2.45, 2.75) is 137 Å². The second-order valence-electron chi connectivity index (χ2n) is 18.0. The maximum Gasteiger partial charge on any atom is 0.315 e. The van der Waals surface area contributed by atoms with Crippen LogP contribution in [0.15, 0.2) is 12.7 Å². The van der Waals surface area contributed by atoms with Crippen molar-refractivity contribution >= 4 is 41.4 Å². The highest BCUT2D eigenvalue weighted by molar-refractivity contribution is 6.41. The minimum atomic E-state index is -1.35. The van der Waals surface area contributed by atoms with Crippen LogP contribution in [-0.2, 0) is 28.8 Å². The molecule has 13 heteroatoms. The van der Waals surface area contributed by atoms with E-state index in [4.69, 9.17) is 0 Å². The van der Waals surface area contributed by atoms with Gasteiger partial charge in [-0.1, -0.05) is 68.4 Å². The summed E-state index contributed by atoms with van der Waals surface area (Å²) >= 11 is 0. The monoisotopic (exact) mass is 698 g/mol. The van der Waals surface area contributed by atoms with Gasteiger partial charge in [0.25, 0.3) is 5.91 Å². The summed E-state index contributed by atoms with van der Waals surface area (Å²) in [5.74, 6) is -3.42. The Kier molecular flexibility index (Phi) is 11.0. The van der Waals surface area contributed by atoms with Gasteiger partial charge in [-0.2, -0.15) is 0 Å². The summed E-state index contributed by atoms with van der Waals surface area (Å²) in [6.45, 7) is 20.8. The van der Waals surface area contributed by atoms with Crippen molar-refractivity contribution < 1.29 is 33.6 Å². The van der Waals surface area contributed by atoms with E-state index in [9.17, 15) is 33.6 Å². The molecule has 0 radical (unpaired) electrons. The Hall–Kier alpha value is -3.77. The van der Waals surface area contributed by atoms with Crippen LogP contribution in [0.3, 0.4) is 0 Å². The summed E-state index contributed by atoms with van der Waals surface area (Å²) in [6.07, 6.45) is 5.04. The molecule has 2 heterocycles. The van der Waals surface area contributed by atoms with Crippen LogP contribution >= 0.6 is 0 Å². The molecule has 0 bridgehead atoms. The highest BCUT2D eigenvalue weighted by atomic mass is 16.2. The number of urea groups is 1. The molecule has 4 aliphatic rings. The summed E-state index contributed by atoms with van der Waals surface area (Å²) in [6, 6.07) is -3.23. The van der Waals surface area contributed by atoms with E-state index in [2.05, 4.69) is 27.8 Å². The molecule has 6 atom stereocenters. The second-order valence-corrected chi connectivity index (χ2v) is 18.0. The zero-order chi connectivity index (χ0) is 37.6. The Balaban J connectivity index is 1.49. The number of imide groups is 1. The lowest BCUT2D eigenvalue weighted by atomic mass is 9.80. The van der Waals surface area contributed by atoms with Gasteiger partial charge in [0.05, 0.1) is 6.04 Å². The molecule has 13 nitrogen and oxygen atoms in total. The fourth-order valence-corrected chi connectivity index (χ4v) is 7.15. The maximum atomic E-state index is 14.3. The van der Waals surface area contributed by atoms with Crippen LogP contribution in [0.4, 0.5) is 4.79 Å². The fourth-order valence-electron chi connectivity index (χ4n) is 7.15. The van der Waals surface area contributed by atoms with Gasteiger partial charge in [0.2, 0.25) is 29.4 Å². The van der Waals surface area contributed by atoms with Crippen LogP contribution < -0.4 is 21.3 Å². The highest BCUT2D eigenvalue weighted by Gasteiger charge is 2.63. The quantitative estimate of drug-likeness (QED) is 0.138. The average molecular weight is 699 g/mol. The van der Waals surface area contributed by atoms with E-state index in [-0.39, 0.29) is 55.6 Å². The Morgan fingerprint density at radius 1 is 0.940 bits per heavy atom. The number of piperidine rings is 1. The van der Waals surface area contributed by atoms with Crippen molar-refractivity contribution in [1.29, 1.82) is 0 Å². The van der Waals surface area contributed by atoms with Gasteiger partial charge in [-0.25, -0.2) is 4.79 Å². The number of ketones is 1. The number of Topliss-reactive ketones (excluding diaryl/α,β-unsaturated/α-hetero) is 1. The summed E-state index contributed by atoms with van der Waals surface area (Å²) in [5.41, 5.74) is -3.10. The summed E-state index contributed by atoms with van der Waals surface area (Å²) in [7, 11) is 0. The number of rotatable bonds is 12. The standard InChI is InChI=1S/C37H58N6O7/c1-11-12-22-17-37(22,29(46)31(48)38-23-13-14-23)41-30(47)27-21(2)15-16-42(27)32(49)28(35(6,7)8)40-33(50)39-24(34(3,4)5)20-43-25(44)18-36(9,10)19-26(43)45/h11,21-24,27-28H,1,12-20H2,2-10H3,(H,38,48)(H,41,47)(H2,39,40,50)/t21-,22?,24+,27-,28+,37?/m0/s1. The van der Waals surface area contributed by atoms with Crippen LogP contribution in [-0.4, -0.2) is 93.9 Å². The third-order valence-electron chi connectivity index (χ3n) is 10.6. The molecule has 2 saturated carbocycles. The van der Waals surface area contributed by atoms with Crippen molar-refractivity contribution in [2.75, 3.05) is 13.1 Å². The number of nitrogens with one attached hydrogen (secondary N) is 4. The minimum Gasteiger partial charge on any atom is -0.347 e. The second kappa shape index (κ2) is 14.1. The van der Waals surface area contributed by atoms with Gasteiger partial charge in [0.1, 0.15) is 17.6 Å². The topological polar surface area (TPSA) is 174 Å². The molecular weight excluding hydrogens is 640 g/mol. The van der Waals surface area contributed by atoms with Gasteiger partial charge in [-0.3, -0.25) is 33.7 Å². The first-order chi connectivity index (χ1) is 23.0. The van der Waals surface area contributed by atoms with Crippen LogP contribution in [0.5, 0.6) is 0 Å². The molecule has 2 aliphatic carbocycles. The lowest BCUT2D eigenvalue weighted by Gasteiger charge is -2.40. The first kappa shape index (κ1) is 39.0. The van der Waals surface area contributed by atoms with Gasteiger partial charge < -0.3 is 26.2 Å². The SMILES string of the molecule is C=CCC1CC1(NC(=O)[C@@H]1[C@@H](C)CCN1C(=O)[C@@H](NC(=O)N[C@H](CN1C(=O)CC(C)(C)CC1=O)C(C)(C)C)C(C)(C)C)C(=O)C(=O)NC1CC1. The van der Waals surface area contributed by atoms with Crippen molar-refractivity contribution in [3.05, 3.63) is 12.7 Å². The smallest absolute Gasteiger partial charge is 0.315 e. The normalized spacial score (nSPS) is 27.6. The largest absolute Gasteiger partial charge is 0.347 e. The number of amides is 7. The predicted molar refractivity (Wildman–Crippen MR) is 187 cm³/mol. The van der Waals surface area contributed by atoms with Gasteiger partial charge in [-0.15, -0.1) is 6.58 Å². The van der Waals surface area contributed by atoms with E-state index in [0.29, 0.717) is 19.3 Å². The molecule has 2 aliphatic heterocycles. The lowest BCUT2D eigenvalue weighted by Crippen LogP contribution is -2.63. The van der Waals surface area contributed by atoms with Crippen LogP contribution in [0, 0.1) is 28.1 Å². The van der Waals surface area contributed by atoms with E-state index in [1.54, 1.807) is 6.08 Å². The number of hydrogen-bond donors (Lipinski definition) is 4. The first-order valence-electron chi connectivity index (χ1n) is 18.0. The molecule has 278 valence electrons. The first-order valence-corrected chi connectivity index (χ1v) is 18.0. The Labute approximate surface area is 296 Å². The third-order valence-corrected chi connectivity index (χ3v) is 10.6. The minimum absolute atomic E-state index is 0.00329. The molecule has 4 N–H and O–H groups in total. The number of carbonyl (C=O) groups excluding carboxylic acids is 7. The summed E-state index contributed by atoms with van der Waals surface area (Å²) in [4.78, 5) is 96.7. The number of carbonyl (C=O) groups is 7. The molecular formula is C37H58N6O7. The third kappa shape index (κ3) is 8.74. The Morgan fingerprint density at radius 3 is 2.06 bits per heavy atom. The molecule has 4 fully saturated rings. The van der Waals surface area contributed by atoms with Crippen molar-refractivity contribution in [2.24, 2.45) is 28.1 Å². The summed E-state index contributed by atoms with van der Waals surface area (Å²) < 4.78 is 0.